The molecule has 6 heteroatoms. The van der Waals surface area contributed by atoms with Crippen LogP contribution in [0.2, 0.25) is 0 Å². The van der Waals surface area contributed by atoms with Crippen molar-refractivity contribution >= 4 is 44.9 Å². The fourth-order valence-corrected chi connectivity index (χ4v) is 2.90. The van der Waals surface area contributed by atoms with Gasteiger partial charge in [0, 0.05) is 23.2 Å². The molecule has 1 aromatic rings. The summed E-state index contributed by atoms with van der Waals surface area (Å²) in [6.45, 7) is 3.76. The Balaban J connectivity index is 1.92. The Bertz CT molecular complexity index is 507. The highest BCUT2D eigenvalue weighted by Gasteiger charge is 2.27. The quantitative estimate of drug-likeness (QED) is 0.652. The van der Waals surface area contributed by atoms with Crippen LogP contribution in [0.1, 0.15) is 19.8 Å². The monoisotopic (exact) mass is 370 g/mol. The minimum Gasteiger partial charge on any atom is -0.466 e. The molecule has 1 atom stereocenters. The molecular formula is C15H19BrN2O2S. The number of ether oxygens (including phenoxy) is 1. The van der Waals surface area contributed by atoms with Gasteiger partial charge in [0.1, 0.15) is 0 Å². The molecule has 4 nitrogen and oxygen atoms in total. The van der Waals surface area contributed by atoms with Gasteiger partial charge in [-0.15, -0.1) is 0 Å². The molecule has 1 aliphatic rings. The SMILES string of the molecule is CCOC(=O)[C@@H]1CCCN(C(=S)Nc2ccc(Br)cc2)C1. The summed E-state index contributed by atoms with van der Waals surface area (Å²) in [6, 6.07) is 7.84. The van der Waals surface area contributed by atoms with Crippen LogP contribution in [0, 0.1) is 5.92 Å². The number of carbonyl (C=O) groups excluding carboxylic acids is 1. The van der Waals surface area contributed by atoms with Crippen LogP contribution in [0.5, 0.6) is 0 Å². The smallest absolute Gasteiger partial charge is 0.310 e. The summed E-state index contributed by atoms with van der Waals surface area (Å²) < 4.78 is 6.13. The molecule has 0 aromatic heterocycles. The van der Waals surface area contributed by atoms with E-state index in [-0.39, 0.29) is 11.9 Å². The Kier molecular flexibility index (Phi) is 5.99. The van der Waals surface area contributed by atoms with Gasteiger partial charge in [-0.05, 0) is 56.2 Å². The second-order valence-electron chi connectivity index (χ2n) is 4.97. The lowest BCUT2D eigenvalue weighted by atomic mass is 9.98. The molecule has 1 heterocycles. The first-order valence-electron chi connectivity index (χ1n) is 7.08. The van der Waals surface area contributed by atoms with Crippen LogP contribution in [0.3, 0.4) is 0 Å². The van der Waals surface area contributed by atoms with E-state index in [9.17, 15) is 4.79 Å². The lowest BCUT2D eigenvalue weighted by Crippen LogP contribution is -2.44. The summed E-state index contributed by atoms with van der Waals surface area (Å²) in [7, 11) is 0. The van der Waals surface area contributed by atoms with Crippen molar-refractivity contribution in [2.24, 2.45) is 5.92 Å². The van der Waals surface area contributed by atoms with E-state index in [1.54, 1.807) is 0 Å². The maximum absolute atomic E-state index is 11.8. The molecule has 0 aliphatic carbocycles. The summed E-state index contributed by atoms with van der Waals surface area (Å²) in [5, 5.41) is 3.87. The third kappa shape index (κ3) is 4.68. The summed E-state index contributed by atoms with van der Waals surface area (Å²) in [6.07, 6.45) is 1.82. The van der Waals surface area contributed by atoms with E-state index in [2.05, 4.69) is 21.2 Å². The Hall–Kier alpha value is -1.14. The number of carbonyl (C=O) groups is 1. The van der Waals surface area contributed by atoms with Crippen LogP contribution in [0.4, 0.5) is 5.69 Å². The third-order valence-corrected chi connectivity index (χ3v) is 4.31. The Morgan fingerprint density at radius 1 is 1.48 bits per heavy atom. The normalized spacial score (nSPS) is 18.2. The predicted molar refractivity (Wildman–Crippen MR) is 91.3 cm³/mol. The van der Waals surface area contributed by atoms with Gasteiger partial charge >= 0.3 is 5.97 Å². The number of rotatable bonds is 3. The standard InChI is InChI=1S/C15H19BrN2O2S/c1-2-20-14(19)11-4-3-9-18(10-11)15(21)17-13-7-5-12(16)6-8-13/h5-8,11H,2-4,9-10H2,1H3,(H,17,21)/t11-/m1/s1. The van der Waals surface area contributed by atoms with Crippen LogP contribution in [0.25, 0.3) is 0 Å². The van der Waals surface area contributed by atoms with E-state index in [4.69, 9.17) is 17.0 Å². The van der Waals surface area contributed by atoms with Crippen molar-refractivity contribution in [2.45, 2.75) is 19.8 Å². The van der Waals surface area contributed by atoms with Crippen molar-refractivity contribution in [3.8, 4) is 0 Å². The predicted octanol–water partition coefficient (Wildman–Crippen LogP) is 3.42. The van der Waals surface area contributed by atoms with E-state index in [1.165, 1.54) is 0 Å². The molecule has 21 heavy (non-hydrogen) atoms. The second-order valence-corrected chi connectivity index (χ2v) is 6.28. The number of hydrogen-bond acceptors (Lipinski definition) is 3. The largest absolute Gasteiger partial charge is 0.466 e. The van der Waals surface area contributed by atoms with Crippen LogP contribution >= 0.6 is 28.1 Å². The van der Waals surface area contributed by atoms with Crippen LogP contribution in [-0.2, 0) is 9.53 Å². The highest BCUT2D eigenvalue weighted by atomic mass is 79.9. The molecule has 0 unspecified atom stereocenters. The van der Waals surface area contributed by atoms with Gasteiger partial charge in [-0.3, -0.25) is 4.79 Å². The third-order valence-electron chi connectivity index (χ3n) is 3.42. The van der Waals surface area contributed by atoms with Gasteiger partial charge in [-0.1, -0.05) is 15.9 Å². The molecule has 1 saturated heterocycles. The number of esters is 1. The Labute approximate surface area is 139 Å². The van der Waals surface area contributed by atoms with Gasteiger partial charge in [-0.25, -0.2) is 0 Å². The van der Waals surface area contributed by atoms with Gasteiger partial charge < -0.3 is 15.0 Å². The summed E-state index contributed by atoms with van der Waals surface area (Å²) in [5.41, 5.74) is 0.946. The van der Waals surface area contributed by atoms with Crippen molar-refractivity contribution in [3.05, 3.63) is 28.7 Å². The molecule has 0 bridgehead atoms. The number of hydrogen-bond donors (Lipinski definition) is 1. The average Bonchev–Trinajstić information content (AvgIpc) is 2.50. The van der Waals surface area contributed by atoms with E-state index in [1.807, 2.05) is 36.1 Å². The van der Waals surface area contributed by atoms with Gasteiger partial charge in [0.05, 0.1) is 12.5 Å². The molecule has 2 rings (SSSR count). The fraction of sp³-hybridized carbons (Fsp3) is 0.467. The molecule has 1 aromatic carbocycles. The maximum atomic E-state index is 11.8. The van der Waals surface area contributed by atoms with Gasteiger partial charge in [0.15, 0.2) is 5.11 Å². The van der Waals surface area contributed by atoms with E-state index >= 15 is 0 Å². The first-order valence-corrected chi connectivity index (χ1v) is 8.28. The molecule has 0 spiro atoms. The molecule has 0 saturated carbocycles. The van der Waals surface area contributed by atoms with E-state index < -0.39 is 0 Å². The van der Waals surface area contributed by atoms with Crippen LogP contribution in [-0.4, -0.2) is 35.7 Å². The molecule has 0 radical (unpaired) electrons. The average molecular weight is 371 g/mol. The zero-order chi connectivity index (χ0) is 15.2. The fourth-order valence-electron chi connectivity index (χ4n) is 2.35. The number of likely N-dealkylation sites (tertiary alicyclic amines) is 1. The van der Waals surface area contributed by atoms with Crippen LogP contribution < -0.4 is 5.32 Å². The maximum Gasteiger partial charge on any atom is 0.310 e. The first-order chi connectivity index (χ1) is 10.1. The zero-order valence-electron chi connectivity index (χ0n) is 12.0. The summed E-state index contributed by atoms with van der Waals surface area (Å²) in [5.74, 6) is -0.197. The van der Waals surface area contributed by atoms with Crippen molar-refractivity contribution in [1.29, 1.82) is 0 Å². The Morgan fingerprint density at radius 2 is 2.19 bits per heavy atom. The number of nitrogens with one attached hydrogen (secondary N) is 1. The second kappa shape index (κ2) is 7.75. The van der Waals surface area contributed by atoms with E-state index in [0.29, 0.717) is 18.3 Å². The molecule has 1 fully saturated rings. The highest BCUT2D eigenvalue weighted by molar-refractivity contribution is 9.10. The number of halogens is 1. The number of piperidine rings is 1. The minimum atomic E-state index is -0.117. The van der Waals surface area contributed by atoms with Gasteiger partial charge in [0.2, 0.25) is 0 Å². The number of nitrogens with zero attached hydrogens (tertiary/aromatic N) is 1. The number of benzene rings is 1. The van der Waals surface area contributed by atoms with Crippen molar-refractivity contribution in [1.82, 2.24) is 4.90 Å². The first kappa shape index (κ1) is 16.2. The topological polar surface area (TPSA) is 41.6 Å². The van der Waals surface area contributed by atoms with Crippen molar-refractivity contribution in [3.63, 3.8) is 0 Å². The molecule has 114 valence electrons. The molecule has 0 amide bonds. The number of thiocarbonyl (C=S) groups is 1. The Morgan fingerprint density at radius 3 is 2.86 bits per heavy atom. The minimum absolute atomic E-state index is 0.0802. The summed E-state index contributed by atoms with van der Waals surface area (Å²) >= 11 is 8.85. The number of anilines is 1. The molecule has 1 aliphatic heterocycles. The molecular weight excluding hydrogens is 352 g/mol. The summed E-state index contributed by atoms with van der Waals surface area (Å²) in [4.78, 5) is 13.9. The van der Waals surface area contributed by atoms with Crippen molar-refractivity contribution in [2.75, 3.05) is 25.0 Å². The van der Waals surface area contributed by atoms with Crippen LogP contribution in [0.15, 0.2) is 28.7 Å². The highest BCUT2D eigenvalue weighted by Crippen LogP contribution is 2.20. The zero-order valence-corrected chi connectivity index (χ0v) is 14.4. The van der Waals surface area contributed by atoms with E-state index in [0.717, 1.165) is 29.5 Å². The van der Waals surface area contributed by atoms with Gasteiger partial charge in [-0.2, -0.15) is 0 Å². The van der Waals surface area contributed by atoms with Crippen molar-refractivity contribution < 1.29 is 9.53 Å². The lowest BCUT2D eigenvalue weighted by molar-refractivity contribution is -0.149. The molecule has 1 N–H and O–H groups in total. The lowest BCUT2D eigenvalue weighted by Gasteiger charge is -2.33. The van der Waals surface area contributed by atoms with Gasteiger partial charge in [0.25, 0.3) is 0 Å².